The molecule has 4 N–H and O–H groups in total. The monoisotopic (exact) mass is 271 g/mol. The Morgan fingerprint density at radius 3 is 2.53 bits per heavy atom. The van der Waals surface area contributed by atoms with E-state index in [1.54, 1.807) is 6.92 Å². The summed E-state index contributed by atoms with van der Waals surface area (Å²) in [4.78, 5) is 33.6. The molecule has 0 aliphatic heterocycles. The fourth-order valence-electron chi connectivity index (χ4n) is 2.28. The van der Waals surface area contributed by atoms with Gasteiger partial charge in [0.05, 0.1) is 12.0 Å². The minimum Gasteiger partial charge on any atom is -0.481 e. The SMILES string of the molecule is CNC(=O)NC(=O)C(C)NC1CCCC(C(=O)O)C1. The van der Waals surface area contributed by atoms with Crippen molar-refractivity contribution >= 4 is 17.9 Å². The van der Waals surface area contributed by atoms with E-state index < -0.39 is 23.9 Å². The third-order valence-electron chi connectivity index (χ3n) is 3.37. The smallest absolute Gasteiger partial charge is 0.321 e. The summed E-state index contributed by atoms with van der Waals surface area (Å²) in [5.74, 6) is -1.55. The van der Waals surface area contributed by atoms with Gasteiger partial charge in [-0.05, 0) is 26.2 Å². The lowest BCUT2D eigenvalue weighted by Gasteiger charge is -2.29. The first-order valence-corrected chi connectivity index (χ1v) is 6.45. The van der Waals surface area contributed by atoms with Crippen LogP contribution in [-0.2, 0) is 9.59 Å². The van der Waals surface area contributed by atoms with Crippen molar-refractivity contribution in [2.75, 3.05) is 7.05 Å². The predicted octanol–water partition coefficient (Wildman–Crippen LogP) is 0.0635. The second-order valence-corrected chi connectivity index (χ2v) is 4.86. The molecule has 3 amide bonds. The van der Waals surface area contributed by atoms with E-state index in [4.69, 9.17) is 5.11 Å². The molecule has 19 heavy (non-hydrogen) atoms. The molecule has 1 aliphatic rings. The molecule has 1 aliphatic carbocycles. The van der Waals surface area contributed by atoms with Gasteiger partial charge in [-0.3, -0.25) is 14.9 Å². The Balaban J connectivity index is 2.43. The molecule has 0 spiro atoms. The Morgan fingerprint density at radius 2 is 1.95 bits per heavy atom. The average molecular weight is 271 g/mol. The second-order valence-electron chi connectivity index (χ2n) is 4.86. The van der Waals surface area contributed by atoms with Crippen LogP contribution in [0.25, 0.3) is 0 Å². The molecule has 0 bridgehead atoms. The number of hydrogen-bond acceptors (Lipinski definition) is 4. The van der Waals surface area contributed by atoms with Crippen LogP contribution in [0, 0.1) is 5.92 Å². The number of amides is 3. The molecular weight excluding hydrogens is 250 g/mol. The summed E-state index contributed by atoms with van der Waals surface area (Å²) in [6, 6.07) is -1.08. The fraction of sp³-hybridized carbons (Fsp3) is 0.750. The molecular formula is C12H21N3O4. The van der Waals surface area contributed by atoms with Crippen molar-refractivity contribution in [1.29, 1.82) is 0 Å². The lowest BCUT2D eigenvalue weighted by Crippen LogP contribution is -2.51. The van der Waals surface area contributed by atoms with Crippen LogP contribution < -0.4 is 16.0 Å². The molecule has 3 unspecified atom stereocenters. The van der Waals surface area contributed by atoms with E-state index in [9.17, 15) is 14.4 Å². The largest absolute Gasteiger partial charge is 0.481 e. The van der Waals surface area contributed by atoms with Crippen LogP contribution in [-0.4, -0.2) is 42.1 Å². The zero-order valence-corrected chi connectivity index (χ0v) is 11.2. The van der Waals surface area contributed by atoms with Gasteiger partial charge < -0.3 is 15.7 Å². The molecule has 0 saturated heterocycles. The van der Waals surface area contributed by atoms with Crippen molar-refractivity contribution in [3.8, 4) is 0 Å². The molecule has 0 aromatic carbocycles. The summed E-state index contributed by atoms with van der Waals surface area (Å²) in [7, 11) is 1.43. The summed E-state index contributed by atoms with van der Waals surface area (Å²) in [5, 5.41) is 16.6. The van der Waals surface area contributed by atoms with Gasteiger partial charge in [0.1, 0.15) is 0 Å². The number of carboxylic acids is 1. The number of carbonyl (C=O) groups is 3. The minimum atomic E-state index is -0.783. The number of hydrogen-bond donors (Lipinski definition) is 4. The lowest BCUT2D eigenvalue weighted by molar-refractivity contribution is -0.143. The van der Waals surface area contributed by atoms with Crippen LogP contribution in [0.4, 0.5) is 4.79 Å². The number of rotatable bonds is 4. The van der Waals surface area contributed by atoms with Crippen LogP contribution in [0.1, 0.15) is 32.6 Å². The number of carboxylic acid groups (broad SMARTS) is 1. The van der Waals surface area contributed by atoms with Gasteiger partial charge in [-0.1, -0.05) is 6.42 Å². The molecule has 3 atom stereocenters. The average Bonchev–Trinajstić information content (AvgIpc) is 2.38. The highest BCUT2D eigenvalue weighted by Gasteiger charge is 2.28. The maximum absolute atomic E-state index is 11.7. The fourth-order valence-corrected chi connectivity index (χ4v) is 2.28. The lowest BCUT2D eigenvalue weighted by atomic mass is 9.85. The second kappa shape index (κ2) is 7.08. The molecule has 7 heteroatoms. The number of carbonyl (C=O) groups excluding carboxylic acids is 2. The molecule has 1 fully saturated rings. The number of imide groups is 1. The van der Waals surface area contributed by atoms with Crippen LogP contribution in [0.3, 0.4) is 0 Å². The first-order valence-electron chi connectivity index (χ1n) is 6.45. The van der Waals surface area contributed by atoms with Crippen molar-refractivity contribution in [1.82, 2.24) is 16.0 Å². The molecule has 1 saturated carbocycles. The third kappa shape index (κ3) is 4.86. The van der Waals surface area contributed by atoms with Crippen LogP contribution in [0.15, 0.2) is 0 Å². The number of nitrogens with one attached hydrogen (secondary N) is 3. The van der Waals surface area contributed by atoms with E-state index in [2.05, 4.69) is 16.0 Å². The maximum atomic E-state index is 11.7. The summed E-state index contributed by atoms with van der Waals surface area (Å²) in [5.41, 5.74) is 0. The number of urea groups is 1. The molecule has 0 radical (unpaired) electrons. The van der Waals surface area contributed by atoms with Crippen LogP contribution in [0.2, 0.25) is 0 Å². The van der Waals surface area contributed by atoms with Gasteiger partial charge in [-0.15, -0.1) is 0 Å². The van der Waals surface area contributed by atoms with Gasteiger partial charge in [0.25, 0.3) is 0 Å². The summed E-state index contributed by atoms with van der Waals surface area (Å²) in [6.45, 7) is 1.66. The van der Waals surface area contributed by atoms with E-state index in [1.807, 2.05) is 0 Å². The molecule has 1 rings (SSSR count). The van der Waals surface area contributed by atoms with Crippen LogP contribution >= 0.6 is 0 Å². The van der Waals surface area contributed by atoms with Crippen molar-refractivity contribution in [2.24, 2.45) is 5.92 Å². The molecule has 0 aromatic rings. The zero-order valence-electron chi connectivity index (χ0n) is 11.2. The summed E-state index contributed by atoms with van der Waals surface area (Å²) < 4.78 is 0. The third-order valence-corrected chi connectivity index (χ3v) is 3.37. The Kier molecular flexibility index (Phi) is 5.75. The van der Waals surface area contributed by atoms with Crippen molar-refractivity contribution in [2.45, 2.75) is 44.7 Å². The van der Waals surface area contributed by atoms with Crippen molar-refractivity contribution in [3.05, 3.63) is 0 Å². The zero-order chi connectivity index (χ0) is 14.4. The maximum Gasteiger partial charge on any atom is 0.321 e. The molecule has 108 valence electrons. The molecule has 7 nitrogen and oxygen atoms in total. The Labute approximate surface area is 112 Å². The topological polar surface area (TPSA) is 108 Å². The van der Waals surface area contributed by atoms with E-state index in [0.717, 1.165) is 12.8 Å². The Hall–Kier alpha value is -1.63. The van der Waals surface area contributed by atoms with Crippen molar-refractivity contribution in [3.63, 3.8) is 0 Å². The highest BCUT2D eigenvalue weighted by atomic mass is 16.4. The van der Waals surface area contributed by atoms with E-state index in [-0.39, 0.29) is 12.0 Å². The van der Waals surface area contributed by atoms with E-state index in [1.165, 1.54) is 7.05 Å². The van der Waals surface area contributed by atoms with E-state index >= 15 is 0 Å². The van der Waals surface area contributed by atoms with Gasteiger partial charge >= 0.3 is 12.0 Å². The number of aliphatic carboxylic acids is 1. The van der Waals surface area contributed by atoms with Gasteiger partial charge in [0.15, 0.2) is 0 Å². The first kappa shape index (κ1) is 15.4. The van der Waals surface area contributed by atoms with Gasteiger partial charge in [0, 0.05) is 13.1 Å². The first-order chi connectivity index (χ1) is 8.93. The minimum absolute atomic E-state index is 0.000266. The predicted molar refractivity (Wildman–Crippen MR) is 68.6 cm³/mol. The van der Waals surface area contributed by atoms with Gasteiger partial charge in [-0.25, -0.2) is 4.79 Å². The molecule has 0 aromatic heterocycles. The summed E-state index contributed by atoms with van der Waals surface area (Å²) >= 11 is 0. The van der Waals surface area contributed by atoms with Gasteiger partial charge in [0.2, 0.25) is 5.91 Å². The quantitative estimate of drug-likeness (QED) is 0.578. The van der Waals surface area contributed by atoms with Crippen molar-refractivity contribution < 1.29 is 19.5 Å². The van der Waals surface area contributed by atoms with Crippen LogP contribution in [0.5, 0.6) is 0 Å². The summed E-state index contributed by atoms with van der Waals surface area (Å²) in [6.07, 6.45) is 2.89. The molecule has 0 heterocycles. The van der Waals surface area contributed by atoms with E-state index in [0.29, 0.717) is 12.8 Å². The Morgan fingerprint density at radius 1 is 1.26 bits per heavy atom. The van der Waals surface area contributed by atoms with Gasteiger partial charge in [-0.2, -0.15) is 0 Å². The highest BCUT2D eigenvalue weighted by molar-refractivity contribution is 5.96. The standard InChI is InChI=1S/C12H21N3O4/c1-7(10(16)15-12(19)13-2)14-9-5-3-4-8(6-9)11(17)18/h7-9,14H,3-6H2,1-2H3,(H,17,18)(H2,13,15,16,19). The Bertz CT molecular complexity index is 359. The normalized spacial score (nSPS) is 24.3. The highest BCUT2D eigenvalue weighted by Crippen LogP contribution is 2.24.